The van der Waals surface area contributed by atoms with Crippen molar-refractivity contribution in [2.24, 2.45) is 0 Å². The van der Waals surface area contributed by atoms with Gasteiger partial charge in [0.2, 0.25) is 5.91 Å². The zero-order valence-electron chi connectivity index (χ0n) is 18.4. The van der Waals surface area contributed by atoms with Gasteiger partial charge in [0.05, 0.1) is 31.0 Å². The highest BCUT2D eigenvalue weighted by molar-refractivity contribution is 9.10. The standard InChI is InChI=1S/C23H29BrN2O5/c1-5-11-26(15-21(27)25-18-9-7-8-10-19(18)29-3)23(28)16-13-17(24)22(31-12-6-2)20(14-16)30-4/h7-10,13-14H,5-6,11-12,15H2,1-4H3,(H,25,27). The summed E-state index contributed by atoms with van der Waals surface area (Å²) in [7, 11) is 3.07. The van der Waals surface area contributed by atoms with Gasteiger partial charge in [-0.15, -0.1) is 0 Å². The van der Waals surface area contributed by atoms with Gasteiger partial charge >= 0.3 is 0 Å². The van der Waals surface area contributed by atoms with Crippen molar-refractivity contribution in [3.05, 3.63) is 46.4 Å². The molecule has 0 saturated heterocycles. The molecule has 0 bridgehead atoms. The van der Waals surface area contributed by atoms with Crippen molar-refractivity contribution in [3.8, 4) is 17.2 Å². The van der Waals surface area contributed by atoms with Crippen molar-refractivity contribution in [1.29, 1.82) is 0 Å². The lowest BCUT2D eigenvalue weighted by atomic mass is 10.1. The maximum absolute atomic E-state index is 13.2. The molecule has 0 aliphatic heterocycles. The quantitative estimate of drug-likeness (QED) is 0.489. The highest BCUT2D eigenvalue weighted by Gasteiger charge is 2.22. The van der Waals surface area contributed by atoms with Crippen LogP contribution in [0.5, 0.6) is 17.2 Å². The molecule has 0 fully saturated rings. The SMILES string of the molecule is CCCOc1c(Br)cc(C(=O)N(CCC)CC(=O)Nc2ccccc2OC)cc1OC. The van der Waals surface area contributed by atoms with E-state index < -0.39 is 0 Å². The third kappa shape index (κ3) is 6.62. The Hall–Kier alpha value is -2.74. The number of nitrogens with zero attached hydrogens (tertiary/aromatic N) is 1. The highest BCUT2D eigenvalue weighted by Crippen LogP contribution is 2.37. The Balaban J connectivity index is 2.21. The normalized spacial score (nSPS) is 10.4. The van der Waals surface area contributed by atoms with Gasteiger partial charge in [-0.05, 0) is 53.0 Å². The van der Waals surface area contributed by atoms with Gasteiger partial charge in [-0.3, -0.25) is 9.59 Å². The maximum Gasteiger partial charge on any atom is 0.254 e. The van der Waals surface area contributed by atoms with E-state index in [4.69, 9.17) is 14.2 Å². The lowest BCUT2D eigenvalue weighted by Crippen LogP contribution is -2.38. The van der Waals surface area contributed by atoms with Crippen molar-refractivity contribution < 1.29 is 23.8 Å². The average Bonchev–Trinajstić information content (AvgIpc) is 2.77. The Morgan fingerprint density at radius 3 is 2.39 bits per heavy atom. The van der Waals surface area contributed by atoms with Gasteiger partial charge in [0.1, 0.15) is 12.3 Å². The van der Waals surface area contributed by atoms with Crippen molar-refractivity contribution in [1.82, 2.24) is 4.90 Å². The first-order valence-electron chi connectivity index (χ1n) is 10.2. The summed E-state index contributed by atoms with van der Waals surface area (Å²) in [5.74, 6) is 0.997. The van der Waals surface area contributed by atoms with E-state index in [1.807, 2.05) is 19.9 Å². The first kappa shape index (κ1) is 24.5. The van der Waals surface area contributed by atoms with Crippen LogP contribution < -0.4 is 19.5 Å². The molecule has 0 radical (unpaired) electrons. The summed E-state index contributed by atoms with van der Waals surface area (Å²) in [6.45, 7) is 4.85. The third-order valence-electron chi connectivity index (χ3n) is 4.42. The number of hydrogen-bond donors (Lipinski definition) is 1. The van der Waals surface area contributed by atoms with E-state index in [1.54, 1.807) is 30.3 Å². The van der Waals surface area contributed by atoms with Crippen LogP contribution in [0.1, 0.15) is 37.0 Å². The molecule has 1 N–H and O–H groups in total. The van der Waals surface area contributed by atoms with Gasteiger partial charge in [-0.2, -0.15) is 0 Å². The van der Waals surface area contributed by atoms with Crippen molar-refractivity contribution in [3.63, 3.8) is 0 Å². The zero-order chi connectivity index (χ0) is 22.8. The van der Waals surface area contributed by atoms with Gasteiger partial charge in [0.25, 0.3) is 5.91 Å². The third-order valence-corrected chi connectivity index (χ3v) is 5.01. The molecule has 7 nitrogen and oxygen atoms in total. The molecule has 0 aromatic heterocycles. The first-order chi connectivity index (χ1) is 14.9. The summed E-state index contributed by atoms with van der Waals surface area (Å²) in [6, 6.07) is 10.5. The van der Waals surface area contributed by atoms with Gasteiger partial charge in [0.15, 0.2) is 11.5 Å². The lowest BCUT2D eigenvalue weighted by molar-refractivity contribution is -0.116. The van der Waals surface area contributed by atoms with Crippen LogP contribution in [0.3, 0.4) is 0 Å². The number of benzene rings is 2. The second-order valence-corrected chi connectivity index (χ2v) is 7.67. The minimum atomic E-state index is -0.305. The second kappa shape index (κ2) is 12.2. The second-order valence-electron chi connectivity index (χ2n) is 6.81. The predicted octanol–water partition coefficient (Wildman–Crippen LogP) is 4.75. The number of amides is 2. The van der Waals surface area contributed by atoms with E-state index in [2.05, 4.69) is 21.2 Å². The molecule has 2 rings (SSSR count). The van der Waals surface area contributed by atoms with Gasteiger partial charge in [0, 0.05) is 12.1 Å². The first-order valence-corrected chi connectivity index (χ1v) is 11.0. The van der Waals surface area contributed by atoms with Crippen molar-refractivity contribution in [2.45, 2.75) is 26.7 Å². The molecule has 0 unspecified atom stereocenters. The number of hydrogen-bond acceptors (Lipinski definition) is 5. The van der Waals surface area contributed by atoms with E-state index in [-0.39, 0.29) is 18.4 Å². The average molecular weight is 493 g/mol. The number of ether oxygens (including phenoxy) is 3. The number of nitrogens with one attached hydrogen (secondary N) is 1. The van der Waals surface area contributed by atoms with Gasteiger partial charge in [-0.25, -0.2) is 0 Å². The number of halogens is 1. The maximum atomic E-state index is 13.2. The fraction of sp³-hybridized carbons (Fsp3) is 0.391. The summed E-state index contributed by atoms with van der Waals surface area (Å²) in [5.41, 5.74) is 0.965. The summed E-state index contributed by atoms with van der Waals surface area (Å²) in [5, 5.41) is 2.81. The summed E-state index contributed by atoms with van der Waals surface area (Å²) >= 11 is 3.47. The van der Waals surface area contributed by atoms with E-state index >= 15 is 0 Å². The van der Waals surface area contributed by atoms with Crippen LogP contribution in [0.2, 0.25) is 0 Å². The van der Waals surface area contributed by atoms with Crippen LogP contribution in [-0.2, 0) is 4.79 Å². The fourth-order valence-electron chi connectivity index (χ4n) is 3.00. The van der Waals surface area contributed by atoms with E-state index in [1.165, 1.54) is 19.1 Å². The van der Waals surface area contributed by atoms with Crippen LogP contribution in [0.25, 0.3) is 0 Å². The summed E-state index contributed by atoms with van der Waals surface area (Å²) in [4.78, 5) is 27.4. The topological polar surface area (TPSA) is 77.1 Å². The number of para-hydroxylation sites is 2. The van der Waals surface area contributed by atoms with Crippen LogP contribution >= 0.6 is 15.9 Å². The smallest absolute Gasteiger partial charge is 0.254 e. The summed E-state index contributed by atoms with van der Waals surface area (Å²) in [6.07, 6.45) is 1.56. The molecule has 2 amide bonds. The van der Waals surface area contributed by atoms with Crippen LogP contribution in [-0.4, -0.2) is 50.6 Å². The minimum Gasteiger partial charge on any atom is -0.495 e. The number of carbonyl (C=O) groups excluding carboxylic acids is 2. The Morgan fingerprint density at radius 1 is 1.03 bits per heavy atom. The molecule has 8 heteroatoms. The van der Waals surface area contributed by atoms with Crippen LogP contribution in [0.15, 0.2) is 40.9 Å². The molecule has 0 aliphatic carbocycles. The Morgan fingerprint density at radius 2 is 1.74 bits per heavy atom. The lowest BCUT2D eigenvalue weighted by Gasteiger charge is -2.23. The van der Waals surface area contributed by atoms with Crippen molar-refractivity contribution in [2.75, 3.05) is 39.2 Å². The van der Waals surface area contributed by atoms with Crippen LogP contribution in [0.4, 0.5) is 5.69 Å². The number of methoxy groups -OCH3 is 2. The molecule has 0 saturated carbocycles. The fourth-order valence-corrected chi connectivity index (χ4v) is 3.56. The number of rotatable bonds is 11. The van der Waals surface area contributed by atoms with Gasteiger partial charge in [-0.1, -0.05) is 26.0 Å². The van der Waals surface area contributed by atoms with Gasteiger partial charge < -0.3 is 24.4 Å². The van der Waals surface area contributed by atoms with Crippen molar-refractivity contribution >= 4 is 33.4 Å². The molecule has 0 spiro atoms. The van der Waals surface area contributed by atoms with E-state index in [9.17, 15) is 9.59 Å². The Labute approximate surface area is 191 Å². The largest absolute Gasteiger partial charge is 0.495 e. The molecule has 0 atom stereocenters. The number of carbonyl (C=O) groups is 2. The Kier molecular flexibility index (Phi) is 9.65. The van der Waals surface area contributed by atoms with E-state index in [0.717, 1.165) is 6.42 Å². The van der Waals surface area contributed by atoms with E-state index in [0.29, 0.717) is 52.5 Å². The molecule has 0 heterocycles. The molecular weight excluding hydrogens is 464 g/mol. The van der Waals surface area contributed by atoms with Crippen LogP contribution in [0, 0.1) is 0 Å². The highest BCUT2D eigenvalue weighted by atomic mass is 79.9. The number of anilines is 1. The molecule has 2 aromatic carbocycles. The minimum absolute atomic E-state index is 0.0846. The monoisotopic (exact) mass is 492 g/mol. The predicted molar refractivity (Wildman–Crippen MR) is 124 cm³/mol. The summed E-state index contributed by atoms with van der Waals surface area (Å²) < 4.78 is 17.0. The zero-order valence-corrected chi connectivity index (χ0v) is 20.0. The molecular formula is C23H29BrN2O5. The Bertz CT molecular complexity index is 904. The molecule has 31 heavy (non-hydrogen) atoms. The molecule has 0 aliphatic rings. The molecule has 2 aromatic rings. The molecule has 168 valence electrons.